The molecule has 2 aromatic rings. The highest BCUT2D eigenvalue weighted by Gasteiger charge is 2.23. The molecule has 7 heteroatoms. The Morgan fingerprint density at radius 2 is 1.81 bits per heavy atom. The van der Waals surface area contributed by atoms with Crippen molar-refractivity contribution < 1.29 is 8.42 Å². The van der Waals surface area contributed by atoms with Gasteiger partial charge in [0.25, 0.3) is 0 Å². The Morgan fingerprint density at radius 3 is 2.43 bits per heavy atom. The van der Waals surface area contributed by atoms with E-state index >= 15 is 0 Å². The van der Waals surface area contributed by atoms with E-state index in [9.17, 15) is 8.42 Å². The van der Waals surface area contributed by atoms with Gasteiger partial charge in [-0.1, -0.05) is 41.4 Å². The molecule has 0 spiro atoms. The van der Waals surface area contributed by atoms with E-state index in [1.807, 2.05) is 0 Å². The van der Waals surface area contributed by atoms with E-state index in [0.29, 0.717) is 5.02 Å². The zero-order valence-electron chi connectivity index (χ0n) is 11.2. The van der Waals surface area contributed by atoms with E-state index in [4.69, 9.17) is 28.9 Å². The molecule has 0 radical (unpaired) electrons. The van der Waals surface area contributed by atoms with Crippen molar-refractivity contribution in [2.24, 2.45) is 0 Å². The molecular formula is C14H14Cl2N2O2S. The number of nitrogen functional groups attached to an aromatic ring is 1. The standard InChI is InChI=1S/C14H14Cl2N2O2S/c1-9(10-4-2-5-11(15)8-10)18-21(19,20)14-12(16)6-3-7-13(14)17/h2-9,18H,17H2,1H3. The van der Waals surface area contributed by atoms with E-state index in [2.05, 4.69) is 4.72 Å². The van der Waals surface area contributed by atoms with Crippen molar-refractivity contribution in [1.29, 1.82) is 0 Å². The summed E-state index contributed by atoms with van der Waals surface area (Å²) in [4.78, 5) is -0.111. The predicted octanol–water partition coefficient (Wildman–Crippen LogP) is 3.62. The number of nitrogens with one attached hydrogen (secondary N) is 1. The lowest BCUT2D eigenvalue weighted by Crippen LogP contribution is -2.27. The predicted molar refractivity (Wildman–Crippen MR) is 86.1 cm³/mol. The minimum absolute atomic E-state index is 0.0841. The second-order valence-corrected chi connectivity index (χ2v) is 7.05. The van der Waals surface area contributed by atoms with E-state index in [1.165, 1.54) is 12.1 Å². The first-order chi connectivity index (χ1) is 9.81. The van der Waals surface area contributed by atoms with Gasteiger partial charge in [0, 0.05) is 11.1 Å². The topological polar surface area (TPSA) is 72.2 Å². The summed E-state index contributed by atoms with van der Waals surface area (Å²) in [5.74, 6) is 0. The zero-order valence-corrected chi connectivity index (χ0v) is 13.5. The molecule has 0 aliphatic rings. The van der Waals surface area contributed by atoms with Gasteiger partial charge in [-0.25, -0.2) is 13.1 Å². The van der Waals surface area contributed by atoms with Crippen LogP contribution in [-0.4, -0.2) is 8.42 Å². The second-order valence-electron chi connectivity index (χ2n) is 4.56. The van der Waals surface area contributed by atoms with Gasteiger partial charge in [0.1, 0.15) is 4.90 Å². The van der Waals surface area contributed by atoms with Crippen LogP contribution in [0.4, 0.5) is 5.69 Å². The number of hydrogen-bond acceptors (Lipinski definition) is 3. The van der Waals surface area contributed by atoms with Gasteiger partial charge < -0.3 is 5.73 Å². The summed E-state index contributed by atoms with van der Waals surface area (Å²) in [5, 5.41) is 0.622. The second kappa shape index (κ2) is 6.23. The average molecular weight is 345 g/mol. The first kappa shape index (κ1) is 16.1. The van der Waals surface area contributed by atoms with Crippen LogP contribution in [0.25, 0.3) is 0 Å². The normalized spacial score (nSPS) is 13.1. The van der Waals surface area contributed by atoms with Gasteiger partial charge in [0.05, 0.1) is 10.7 Å². The molecule has 0 aliphatic heterocycles. The van der Waals surface area contributed by atoms with Crippen molar-refractivity contribution in [3.05, 3.63) is 58.1 Å². The zero-order chi connectivity index (χ0) is 15.6. The highest BCUT2D eigenvalue weighted by Crippen LogP contribution is 2.28. The van der Waals surface area contributed by atoms with Crippen LogP contribution >= 0.6 is 23.2 Å². The molecular weight excluding hydrogens is 331 g/mol. The summed E-state index contributed by atoms with van der Waals surface area (Å²) >= 11 is 11.9. The number of sulfonamides is 1. The number of nitrogens with two attached hydrogens (primary N) is 1. The molecule has 1 atom stereocenters. The van der Waals surface area contributed by atoms with Gasteiger partial charge in [-0.2, -0.15) is 0 Å². The van der Waals surface area contributed by atoms with Crippen molar-refractivity contribution in [2.45, 2.75) is 17.9 Å². The molecule has 21 heavy (non-hydrogen) atoms. The molecule has 0 aromatic heterocycles. The SMILES string of the molecule is CC(NS(=O)(=O)c1c(N)cccc1Cl)c1cccc(Cl)c1. The van der Waals surface area contributed by atoms with Crippen LogP contribution in [-0.2, 0) is 10.0 Å². The first-order valence-corrected chi connectivity index (χ1v) is 8.37. The van der Waals surface area contributed by atoms with E-state index < -0.39 is 16.1 Å². The largest absolute Gasteiger partial charge is 0.398 e. The van der Waals surface area contributed by atoms with E-state index in [1.54, 1.807) is 37.3 Å². The Hall–Kier alpha value is -1.27. The first-order valence-electron chi connectivity index (χ1n) is 6.13. The molecule has 0 heterocycles. The third kappa shape index (κ3) is 3.68. The van der Waals surface area contributed by atoms with Crippen molar-refractivity contribution in [1.82, 2.24) is 4.72 Å². The number of anilines is 1. The number of benzene rings is 2. The minimum atomic E-state index is -3.83. The molecule has 2 rings (SSSR count). The van der Waals surface area contributed by atoms with Gasteiger partial charge in [-0.05, 0) is 36.8 Å². The highest BCUT2D eigenvalue weighted by atomic mass is 35.5. The molecule has 0 aliphatic carbocycles. The molecule has 0 bridgehead atoms. The molecule has 0 saturated carbocycles. The maximum absolute atomic E-state index is 12.4. The average Bonchev–Trinajstić information content (AvgIpc) is 2.37. The van der Waals surface area contributed by atoms with Gasteiger partial charge >= 0.3 is 0 Å². The van der Waals surface area contributed by atoms with E-state index in [-0.39, 0.29) is 15.6 Å². The van der Waals surface area contributed by atoms with Gasteiger partial charge in [-0.3, -0.25) is 0 Å². The summed E-state index contributed by atoms with van der Waals surface area (Å²) in [5.41, 5.74) is 6.57. The third-order valence-electron chi connectivity index (χ3n) is 2.95. The third-order valence-corrected chi connectivity index (χ3v) is 5.27. The Labute approximate surface area is 133 Å². The number of rotatable bonds is 4. The fraction of sp³-hybridized carbons (Fsp3) is 0.143. The fourth-order valence-electron chi connectivity index (χ4n) is 1.94. The lowest BCUT2D eigenvalue weighted by atomic mass is 10.1. The molecule has 0 amide bonds. The van der Waals surface area contributed by atoms with Crippen LogP contribution in [0.3, 0.4) is 0 Å². The number of halogens is 2. The summed E-state index contributed by atoms with van der Waals surface area (Å²) in [7, 11) is -3.83. The lowest BCUT2D eigenvalue weighted by molar-refractivity contribution is 0.567. The highest BCUT2D eigenvalue weighted by molar-refractivity contribution is 7.89. The minimum Gasteiger partial charge on any atom is -0.398 e. The van der Waals surface area contributed by atoms with Crippen LogP contribution in [0.15, 0.2) is 47.4 Å². The molecule has 1 unspecified atom stereocenters. The molecule has 0 saturated heterocycles. The van der Waals surface area contributed by atoms with E-state index in [0.717, 1.165) is 5.56 Å². The van der Waals surface area contributed by atoms with Crippen molar-refractivity contribution >= 4 is 38.9 Å². The van der Waals surface area contributed by atoms with Crippen LogP contribution < -0.4 is 10.5 Å². The summed E-state index contributed by atoms with van der Waals surface area (Å²) in [6, 6.07) is 11.1. The van der Waals surface area contributed by atoms with Gasteiger partial charge in [-0.15, -0.1) is 0 Å². The Morgan fingerprint density at radius 1 is 1.14 bits per heavy atom. The smallest absolute Gasteiger partial charge is 0.244 e. The Balaban J connectivity index is 2.34. The Kier molecular flexibility index (Phi) is 4.78. The summed E-state index contributed by atoms with van der Waals surface area (Å²) in [6.07, 6.45) is 0. The molecule has 3 N–H and O–H groups in total. The van der Waals surface area contributed by atoms with Crippen LogP contribution in [0.2, 0.25) is 10.0 Å². The van der Waals surface area contributed by atoms with Crippen LogP contribution in [0.1, 0.15) is 18.5 Å². The van der Waals surface area contributed by atoms with Crippen LogP contribution in [0, 0.1) is 0 Å². The maximum Gasteiger partial charge on any atom is 0.244 e. The lowest BCUT2D eigenvalue weighted by Gasteiger charge is -2.16. The monoisotopic (exact) mass is 344 g/mol. The van der Waals surface area contributed by atoms with Gasteiger partial charge in [0.2, 0.25) is 10.0 Å². The van der Waals surface area contributed by atoms with Crippen molar-refractivity contribution in [3.8, 4) is 0 Å². The summed E-state index contributed by atoms with van der Waals surface area (Å²) in [6.45, 7) is 1.72. The Bertz CT molecular complexity index is 743. The van der Waals surface area contributed by atoms with Crippen molar-refractivity contribution in [3.63, 3.8) is 0 Å². The molecule has 2 aromatic carbocycles. The molecule has 4 nitrogen and oxygen atoms in total. The molecule has 0 fully saturated rings. The van der Waals surface area contributed by atoms with Crippen LogP contribution in [0.5, 0.6) is 0 Å². The summed E-state index contributed by atoms with van der Waals surface area (Å²) < 4.78 is 27.4. The van der Waals surface area contributed by atoms with Gasteiger partial charge in [0.15, 0.2) is 0 Å². The fourth-order valence-corrected chi connectivity index (χ4v) is 4.05. The van der Waals surface area contributed by atoms with Crippen molar-refractivity contribution in [2.75, 3.05) is 5.73 Å². The maximum atomic E-state index is 12.4. The molecule has 112 valence electrons. The number of hydrogen-bond donors (Lipinski definition) is 2. The quantitative estimate of drug-likeness (QED) is 0.832.